The lowest BCUT2D eigenvalue weighted by Gasteiger charge is -2.07. The van der Waals surface area contributed by atoms with Crippen LogP contribution >= 0.6 is 11.3 Å². The molecule has 0 aliphatic carbocycles. The van der Waals surface area contributed by atoms with Crippen molar-refractivity contribution in [2.75, 3.05) is 0 Å². The zero-order chi connectivity index (χ0) is 11.4. The van der Waals surface area contributed by atoms with E-state index in [1.165, 1.54) is 11.3 Å². The second kappa shape index (κ2) is 4.94. The van der Waals surface area contributed by atoms with Crippen LogP contribution in [-0.2, 0) is 0 Å². The van der Waals surface area contributed by atoms with Crippen molar-refractivity contribution in [3.05, 3.63) is 45.8 Å². The van der Waals surface area contributed by atoms with Gasteiger partial charge in [-0.3, -0.25) is 4.79 Å². The molecule has 1 amide bonds. The van der Waals surface area contributed by atoms with E-state index in [0.717, 1.165) is 21.7 Å². The number of nitrogens with one attached hydrogen (secondary N) is 1. The van der Waals surface area contributed by atoms with Gasteiger partial charge in [0.05, 0.1) is 4.88 Å². The van der Waals surface area contributed by atoms with E-state index in [2.05, 4.69) is 11.9 Å². The largest absolute Gasteiger partial charge is 0.321 e. The maximum absolute atomic E-state index is 11.8. The van der Waals surface area contributed by atoms with E-state index in [1.807, 2.05) is 32.2 Å². The van der Waals surface area contributed by atoms with Crippen LogP contribution in [0.25, 0.3) is 0 Å². The molecule has 0 atom stereocenters. The zero-order valence-electron chi connectivity index (χ0n) is 9.26. The van der Waals surface area contributed by atoms with Gasteiger partial charge in [0.1, 0.15) is 0 Å². The molecule has 0 aromatic carbocycles. The van der Waals surface area contributed by atoms with Crippen LogP contribution in [0.2, 0.25) is 0 Å². The molecule has 1 heterocycles. The number of allylic oxidation sites excluding steroid dienone is 2. The van der Waals surface area contributed by atoms with Gasteiger partial charge in [0, 0.05) is 5.70 Å². The molecule has 1 N–H and O–H groups in total. The second-order valence-corrected chi connectivity index (χ2v) is 4.42. The molecule has 0 aliphatic heterocycles. The minimum Gasteiger partial charge on any atom is -0.321 e. The van der Waals surface area contributed by atoms with Crippen molar-refractivity contribution < 1.29 is 4.79 Å². The summed E-state index contributed by atoms with van der Waals surface area (Å²) >= 11 is 1.45. The molecule has 0 bridgehead atoms. The van der Waals surface area contributed by atoms with Gasteiger partial charge in [-0.1, -0.05) is 12.2 Å². The minimum absolute atomic E-state index is 0.0569. The molecule has 0 saturated heterocycles. The molecule has 0 unspecified atom stereocenters. The van der Waals surface area contributed by atoms with Gasteiger partial charge in [-0.25, -0.2) is 0 Å². The van der Waals surface area contributed by atoms with Gasteiger partial charge >= 0.3 is 0 Å². The number of hydrogen-bond donors (Lipinski definition) is 1. The van der Waals surface area contributed by atoms with Crippen LogP contribution in [0.15, 0.2) is 35.4 Å². The number of rotatable bonds is 3. The predicted molar refractivity (Wildman–Crippen MR) is 65.1 cm³/mol. The maximum atomic E-state index is 11.8. The van der Waals surface area contributed by atoms with E-state index in [4.69, 9.17) is 0 Å². The van der Waals surface area contributed by atoms with Crippen molar-refractivity contribution in [1.82, 2.24) is 5.32 Å². The van der Waals surface area contributed by atoms with Gasteiger partial charge < -0.3 is 5.32 Å². The quantitative estimate of drug-likeness (QED) is 0.780. The molecule has 0 aliphatic rings. The Bertz CT molecular complexity index is 411. The Labute approximate surface area is 94.3 Å². The molecule has 0 saturated carbocycles. The lowest BCUT2D eigenvalue weighted by molar-refractivity contribution is 0.0970. The van der Waals surface area contributed by atoms with Crippen LogP contribution < -0.4 is 5.32 Å². The molecule has 1 aromatic rings. The molecular formula is C12H15NOS. The fraction of sp³-hybridized carbons (Fsp3) is 0.250. The van der Waals surface area contributed by atoms with Crippen molar-refractivity contribution in [2.24, 2.45) is 0 Å². The van der Waals surface area contributed by atoms with Crippen LogP contribution in [0.1, 0.15) is 29.1 Å². The van der Waals surface area contributed by atoms with Gasteiger partial charge in [0.25, 0.3) is 5.91 Å². The lowest BCUT2D eigenvalue weighted by atomic mass is 10.2. The molecule has 3 heteroatoms. The number of carbonyl (C=O) groups excluding carboxylic acids is 1. The molecule has 80 valence electrons. The summed E-state index contributed by atoms with van der Waals surface area (Å²) in [5.74, 6) is -0.0569. The van der Waals surface area contributed by atoms with Gasteiger partial charge in [0.15, 0.2) is 0 Å². The van der Waals surface area contributed by atoms with Gasteiger partial charge in [-0.15, -0.1) is 11.3 Å². The molecule has 0 spiro atoms. The van der Waals surface area contributed by atoms with Gasteiger partial charge in [-0.2, -0.15) is 0 Å². The van der Waals surface area contributed by atoms with Crippen LogP contribution in [0.3, 0.4) is 0 Å². The summed E-state index contributed by atoms with van der Waals surface area (Å²) in [5, 5.41) is 4.76. The minimum atomic E-state index is -0.0569. The zero-order valence-corrected chi connectivity index (χ0v) is 10.1. The highest BCUT2D eigenvalue weighted by Crippen LogP contribution is 2.16. The molecule has 0 radical (unpaired) electrons. The van der Waals surface area contributed by atoms with E-state index in [9.17, 15) is 4.79 Å². The Morgan fingerprint density at radius 2 is 2.20 bits per heavy atom. The Morgan fingerprint density at radius 3 is 2.60 bits per heavy atom. The molecule has 2 nitrogen and oxygen atoms in total. The third kappa shape index (κ3) is 2.80. The van der Waals surface area contributed by atoms with Crippen LogP contribution in [-0.4, -0.2) is 5.91 Å². The van der Waals surface area contributed by atoms with E-state index < -0.39 is 0 Å². The topological polar surface area (TPSA) is 29.1 Å². The first-order valence-electron chi connectivity index (χ1n) is 4.71. The Morgan fingerprint density at radius 1 is 1.53 bits per heavy atom. The van der Waals surface area contributed by atoms with E-state index in [1.54, 1.807) is 6.08 Å². The van der Waals surface area contributed by atoms with Crippen LogP contribution in [0, 0.1) is 6.92 Å². The Balaban J connectivity index is 2.85. The van der Waals surface area contributed by atoms with Gasteiger partial charge in [0.2, 0.25) is 0 Å². The van der Waals surface area contributed by atoms with Crippen molar-refractivity contribution in [3.8, 4) is 0 Å². The first-order valence-corrected chi connectivity index (χ1v) is 5.59. The average molecular weight is 221 g/mol. The third-order valence-electron chi connectivity index (χ3n) is 2.06. The predicted octanol–water partition coefficient (Wildman–Crippen LogP) is 3.27. The lowest BCUT2D eigenvalue weighted by Crippen LogP contribution is -2.22. The van der Waals surface area contributed by atoms with E-state index in [0.29, 0.717) is 0 Å². The average Bonchev–Trinajstić information content (AvgIpc) is 2.60. The van der Waals surface area contributed by atoms with Crippen LogP contribution in [0.5, 0.6) is 0 Å². The number of amides is 1. The normalized spacial score (nSPS) is 9.53. The number of aryl methyl sites for hydroxylation is 1. The monoisotopic (exact) mass is 221 g/mol. The summed E-state index contributed by atoms with van der Waals surface area (Å²) in [5.41, 5.74) is 2.84. The SMILES string of the molecule is C=CC(NC(=O)c1sccc1C)=C(C)C. The highest BCUT2D eigenvalue weighted by molar-refractivity contribution is 7.12. The van der Waals surface area contributed by atoms with Gasteiger partial charge in [-0.05, 0) is 43.9 Å². The molecular weight excluding hydrogens is 206 g/mol. The Hall–Kier alpha value is -1.35. The van der Waals surface area contributed by atoms with Crippen molar-refractivity contribution in [1.29, 1.82) is 0 Å². The highest BCUT2D eigenvalue weighted by Gasteiger charge is 2.10. The number of thiophene rings is 1. The third-order valence-corrected chi connectivity index (χ3v) is 3.07. The molecule has 0 fully saturated rings. The van der Waals surface area contributed by atoms with E-state index in [-0.39, 0.29) is 5.91 Å². The summed E-state index contributed by atoms with van der Waals surface area (Å²) in [6.45, 7) is 9.49. The summed E-state index contributed by atoms with van der Waals surface area (Å²) in [6.07, 6.45) is 1.66. The molecule has 1 aromatic heterocycles. The highest BCUT2D eigenvalue weighted by atomic mass is 32.1. The fourth-order valence-electron chi connectivity index (χ4n) is 1.16. The second-order valence-electron chi connectivity index (χ2n) is 3.50. The first kappa shape index (κ1) is 11.7. The summed E-state index contributed by atoms with van der Waals surface area (Å²) in [7, 11) is 0. The maximum Gasteiger partial charge on any atom is 0.265 e. The number of carbonyl (C=O) groups is 1. The Kier molecular flexibility index (Phi) is 3.86. The number of hydrogen-bond acceptors (Lipinski definition) is 2. The molecule has 15 heavy (non-hydrogen) atoms. The summed E-state index contributed by atoms with van der Waals surface area (Å²) in [6, 6.07) is 1.94. The van der Waals surface area contributed by atoms with Crippen molar-refractivity contribution in [3.63, 3.8) is 0 Å². The first-order chi connectivity index (χ1) is 7.06. The summed E-state index contributed by atoms with van der Waals surface area (Å²) < 4.78 is 0. The summed E-state index contributed by atoms with van der Waals surface area (Å²) in [4.78, 5) is 12.6. The van der Waals surface area contributed by atoms with Crippen LogP contribution in [0.4, 0.5) is 0 Å². The smallest absolute Gasteiger partial charge is 0.265 e. The van der Waals surface area contributed by atoms with Crippen molar-refractivity contribution in [2.45, 2.75) is 20.8 Å². The van der Waals surface area contributed by atoms with Crippen molar-refractivity contribution >= 4 is 17.2 Å². The fourth-order valence-corrected chi connectivity index (χ4v) is 1.98. The molecule has 1 rings (SSSR count). The van der Waals surface area contributed by atoms with E-state index >= 15 is 0 Å². The standard InChI is InChI=1S/C12H15NOS/c1-5-10(8(2)3)13-12(14)11-9(4)6-7-15-11/h5-7H,1H2,2-4H3,(H,13,14).